The van der Waals surface area contributed by atoms with Crippen LogP contribution in [0.15, 0.2) is 11.4 Å². The molecule has 4 nitrogen and oxygen atoms in total. The molecule has 1 aromatic rings. The predicted octanol–water partition coefficient (Wildman–Crippen LogP) is 1.38. The predicted molar refractivity (Wildman–Crippen MR) is 47.4 cm³/mol. The topological polar surface area (TPSA) is 47.9 Å². The van der Waals surface area contributed by atoms with Crippen LogP contribution in [-0.2, 0) is 0 Å². The van der Waals surface area contributed by atoms with Crippen LogP contribution in [0.4, 0.5) is 0 Å². The maximum absolute atomic E-state index is 4.91. The van der Waals surface area contributed by atoms with E-state index in [1.165, 1.54) is 6.20 Å². The van der Waals surface area contributed by atoms with E-state index in [9.17, 15) is 0 Å². The van der Waals surface area contributed by atoms with Gasteiger partial charge in [0.05, 0.1) is 7.11 Å². The van der Waals surface area contributed by atoms with Gasteiger partial charge in [0.2, 0.25) is 11.0 Å². The third kappa shape index (κ3) is 2.65. The van der Waals surface area contributed by atoms with Gasteiger partial charge in [-0.1, -0.05) is 25.6 Å². The van der Waals surface area contributed by atoms with Crippen molar-refractivity contribution >= 4 is 11.8 Å². The minimum Gasteiger partial charge on any atom is -0.480 e. The molecule has 0 aliphatic carbocycles. The summed E-state index contributed by atoms with van der Waals surface area (Å²) < 4.78 is 4.91. The Hall–Kier alpha value is -0.840. The second kappa shape index (κ2) is 4.25. The molecule has 0 aliphatic heterocycles. The quantitative estimate of drug-likeness (QED) is 0.666. The van der Waals surface area contributed by atoms with Crippen molar-refractivity contribution in [1.82, 2.24) is 15.2 Å². The van der Waals surface area contributed by atoms with Crippen molar-refractivity contribution in [2.24, 2.45) is 0 Å². The van der Waals surface area contributed by atoms with Crippen molar-refractivity contribution in [2.45, 2.75) is 24.3 Å². The molecule has 0 bridgehead atoms. The van der Waals surface area contributed by atoms with Gasteiger partial charge in [-0.15, -0.1) is 5.10 Å². The van der Waals surface area contributed by atoms with Gasteiger partial charge in [0, 0.05) is 5.25 Å². The summed E-state index contributed by atoms with van der Waals surface area (Å²) >= 11 is 1.56. The number of hydrogen-bond donors (Lipinski definition) is 0. The number of rotatable bonds is 3. The summed E-state index contributed by atoms with van der Waals surface area (Å²) in [5.74, 6) is 0.508. The van der Waals surface area contributed by atoms with Crippen LogP contribution in [0.3, 0.4) is 0 Å². The summed E-state index contributed by atoms with van der Waals surface area (Å²) in [7, 11) is 1.56. The molecule has 0 radical (unpaired) electrons. The van der Waals surface area contributed by atoms with Crippen molar-refractivity contribution in [3.8, 4) is 5.88 Å². The van der Waals surface area contributed by atoms with Crippen LogP contribution in [0, 0.1) is 0 Å². The lowest BCUT2D eigenvalue weighted by Gasteiger charge is -2.02. The maximum Gasteiger partial charge on any atom is 0.236 e. The molecule has 0 N–H and O–H groups in total. The van der Waals surface area contributed by atoms with E-state index in [4.69, 9.17) is 4.74 Å². The molecule has 0 aromatic carbocycles. The largest absolute Gasteiger partial charge is 0.480 e. The zero-order chi connectivity index (χ0) is 8.97. The van der Waals surface area contributed by atoms with Crippen LogP contribution >= 0.6 is 11.8 Å². The first-order valence-corrected chi connectivity index (χ1v) is 4.50. The van der Waals surface area contributed by atoms with E-state index in [0.717, 1.165) is 0 Å². The molecule has 1 aromatic heterocycles. The Bertz CT molecular complexity index is 254. The van der Waals surface area contributed by atoms with Gasteiger partial charge in [0.1, 0.15) is 6.20 Å². The molecule has 0 spiro atoms. The van der Waals surface area contributed by atoms with Crippen molar-refractivity contribution < 1.29 is 4.74 Å². The zero-order valence-corrected chi connectivity index (χ0v) is 8.13. The highest BCUT2D eigenvalue weighted by atomic mass is 32.2. The Morgan fingerprint density at radius 3 is 2.83 bits per heavy atom. The highest BCUT2D eigenvalue weighted by Crippen LogP contribution is 2.18. The van der Waals surface area contributed by atoms with Crippen LogP contribution in [0.5, 0.6) is 5.88 Å². The van der Waals surface area contributed by atoms with Crippen molar-refractivity contribution in [2.75, 3.05) is 7.11 Å². The van der Waals surface area contributed by atoms with E-state index in [1.807, 2.05) is 0 Å². The molecule has 0 amide bonds. The normalized spacial score (nSPS) is 10.3. The minimum atomic E-state index is 0.457. The Morgan fingerprint density at radius 2 is 2.25 bits per heavy atom. The molecule has 66 valence electrons. The van der Waals surface area contributed by atoms with E-state index in [0.29, 0.717) is 16.3 Å². The van der Waals surface area contributed by atoms with Gasteiger partial charge in [0.15, 0.2) is 0 Å². The highest BCUT2D eigenvalue weighted by molar-refractivity contribution is 7.99. The Balaban J connectivity index is 2.72. The monoisotopic (exact) mass is 185 g/mol. The fourth-order valence-electron chi connectivity index (χ4n) is 0.632. The van der Waals surface area contributed by atoms with Crippen molar-refractivity contribution in [1.29, 1.82) is 0 Å². The van der Waals surface area contributed by atoms with Crippen LogP contribution < -0.4 is 4.74 Å². The number of hydrogen-bond acceptors (Lipinski definition) is 5. The third-order valence-electron chi connectivity index (χ3n) is 1.07. The second-order valence-electron chi connectivity index (χ2n) is 2.45. The van der Waals surface area contributed by atoms with Gasteiger partial charge in [0.25, 0.3) is 0 Å². The van der Waals surface area contributed by atoms with E-state index >= 15 is 0 Å². The molecular weight excluding hydrogens is 174 g/mol. The summed E-state index contributed by atoms with van der Waals surface area (Å²) in [6.07, 6.45) is 1.49. The highest BCUT2D eigenvalue weighted by Gasteiger charge is 2.03. The maximum atomic E-state index is 4.91. The van der Waals surface area contributed by atoms with Gasteiger partial charge in [-0.05, 0) is 0 Å². The lowest BCUT2D eigenvalue weighted by atomic mass is 10.6. The summed E-state index contributed by atoms with van der Waals surface area (Å²) in [6, 6.07) is 0. The first kappa shape index (κ1) is 9.25. The molecule has 0 saturated carbocycles. The second-order valence-corrected chi connectivity index (χ2v) is 3.99. The fourth-order valence-corrected chi connectivity index (χ4v) is 1.29. The number of nitrogens with zero attached hydrogens (tertiary/aromatic N) is 3. The van der Waals surface area contributed by atoms with Gasteiger partial charge < -0.3 is 4.74 Å². The third-order valence-corrected chi connectivity index (χ3v) is 1.92. The molecule has 1 heterocycles. The van der Waals surface area contributed by atoms with Gasteiger partial charge in [-0.2, -0.15) is 10.1 Å². The smallest absolute Gasteiger partial charge is 0.236 e. The molecule has 0 unspecified atom stereocenters. The molecule has 0 fully saturated rings. The Morgan fingerprint density at radius 1 is 1.50 bits per heavy atom. The van der Waals surface area contributed by atoms with E-state index in [-0.39, 0.29) is 0 Å². The Labute approximate surface area is 75.8 Å². The first-order chi connectivity index (χ1) is 5.72. The van der Waals surface area contributed by atoms with Crippen molar-refractivity contribution in [3.63, 3.8) is 0 Å². The van der Waals surface area contributed by atoms with Crippen LogP contribution in [0.25, 0.3) is 0 Å². The van der Waals surface area contributed by atoms with Crippen LogP contribution in [0.2, 0.25) is 0 Å². The van der Waals surface area contributed by atoms with Gasteiger partial charge in [-0.25, -0.2) is 0 Å². The molecule has 12 heavy (non-hydrogen) atoms. The van der Waals surface area contributed by atoms with Gasteiger partial charge >= 0.3 is 0 Å². The standard InChI is InChI=1S/C7H11N3OS/c1-5(2)12-7-9-6(11-3)4-8-10-7/h4-5H,1-3H3. The zero-order valence-electron chi connectivity index (χ0n) is 7.31. The van der Waals surface area contributed by atoms with E-state index in [1.54, 1.807) is 18.9 Å². The summed E-state index contributed by atoms with van der Waals surface area (Å²) in [5.41, 5.74) is 0. The molecular formula is C7H11N3OS. The van der Waals surface area contributed by atoms with Crippen LogP contribution in [0.1, 0.15) is 13.8 Å². The molecule has 5 heteroatoms. The lowest BCUT2D eigenvalue weighted by molar-refractivity contribution is 0.388. The summed E-state index contributed by atoms with van der Waals surface area (Å²) in [6.45, 7) is 4.15. The van der Waals surface area contributed by atoms with Crippen LogP contribution in [-0.4, -0.2) is 27.5 Å². The summed E-state index contributed by atoms with van der Waals surface area (Å²) in [5, 5.41) is 8.71. The number of aromatic nitrogens is 3. The van der Waals surface area contributed by atoms with Crippen molar-refractivity contribution in [3.05, 3.63) is 6.20 Å². The molecule has 1 rings (SSSR count). The SMILES string of the molecule is COc1cnnc(SC(C)C)n1. The molecule has 0 atom stereocenters. The lowest BCUT2D eigenvalue weighted by Crippen LogP contribution is -1.97. The number of ether oxygens (including phenoxy) is 1. The minimum absolute atomic E-state index is 0.457. The first-order valence-electron chi connectivity index (χ1n) is 3.62. The summed E-state index contributed by atoms with van der Waals surface area (Å²) in [4.78, 5) is 4.10. The van der Waals surface area contributed by atoms with E-state index in [2.05, 4.69) is 29.0 Å². The average Bonchev–Trinajstić information content (AvgIpc) is 2.03. The number of thioether (sulfide) groups is 1. The van der Waals surface area contributed by atoms with E-state index < -0.39 is 0 Å². The van der Waals surface area contributed by atoms with Gasteiger partial charge in [-0.3, -0.25) is 0 Å². The number of methoxy groups -OCH3 is 1. The molecule has 0 saturated heterocycles. The molecule has 0 aliphatic rings. The fraction of sp³-hybridized carbons (Fsp3) is 0.571. The Kier molecular flexibility index (Phi) is 3.28. The average molecular weight is 185 g/mol.